The van der Waals surface area contributed by atoms with Gasteiger partial charge in [0.2, 0.25) is 0 Å². The number of nitrogens with one attached hydrogen (secondary N) is 1. The second-order valence-corrected chi connectivity index (χ2v) is 9.31. The van der Waals surface area contributed by atoms with Gasteiger partial charge >= 0.3 is 0 Å². The van der Waals surface area contributed by atoms with Gasteiger partial charge in [0.1, 0.15) is 0 Å². The lowest BCUT2D eigenvalue weighted by Crippen LogP contribution is -2.19. The van der Waals surface area contributed by atoms with E-state index in [1.54, 1.807) is 11.8 Å². The van der Waals surface area contributed by atoms with E-state index in [0.717, 1.165) is 17.0 Å². The maximum absolute atomic E-state index is 12.4. The molecule has 3 rings (SSSR count). The normalized spacial score (nSPS) is 11.9. The van der Waals surface area contributed by atoms with E-state index in [1.807, 2.05) is 61.5 Å². The summed E-state index contributed by atoms with van der Waals surface area (Å²) in [5.74, 6) is 0.663. The number of nitrogens with zero attached hydrogens (tertiary/aromatic N) is 1. The van der Waals surface area contributed by atoms with Crippen LogP contribution >= 0.6 is 11.8 Å². The lowest BCUT2D eigenvalue weighted by atomic mass is 9.86. The van der Waals surface area contributed by atoms with Crippen molar-refractivity contribution < 1.29 is 4.79 Å². The molecule has 30 heavy (non-hydrogen) atoms. The SMILES string of the molecule is C/C(=N/NC(=O)c1ccc(CSc2ccccc2)cc1)c1ccc(C(C)(C)C)cc1. The second-order valence-electron chi connectivity index (χ2n) is 8.26. The molecule has 0 radical (unpaired) electrons. The fraction of sp³-hybridized carbons (Fsp3) is 0.231. The van der Waals surface area contributed by atoms with E-state index in [1.165, 1.54) is 16.0 Å². The average Bonchev–Trinajstić information content (AvgIpc) is 2.76. The summed E-state index contributed by atoms with van der Waals surface area (Å²) >= 11 is 1.78. The topological polar surface area (TPSA) is 41.5 Å². The molecule has 0 heterocycles. The highest BCUT2D eigenvalue weighted by Gasteiger charge is 2.13. The number of carbonyl (C=O) groups is 1. The average molecular weight is 417 g/mol. The Bertz CT molecular complexity index is 1000. The minimum Gasteiger partial charge on any atom is -0.267 e. The first-order valence-corrected chi connectivity index (χ1v) is 11.0. The zero-order valence-corrected chi connectivity index (χ0v) is 18.8. The largest absolute Gasteiger partial charge is 0.271 e. The molecule has 3 aromatic carbocycles. The van der Waals surface area contributed by atoms with Crippen LogP contribution in [0.15, 0.2) is 88.9 Å². The van der Waals surface area contributed by atoms with Crippen LogP contribution in [0.2, 0.25) is 0 Å². The number of benzene rings is 3. The summed E-state index contributed by atoms with van der Waals surface area (Å²) in [4.78, 5) is 13.7. The Labute approximate surface area is 183 Å². The van der Waals surface area contributed by atoms with Crippen LogP contribution in [-0.2, 0) is 11.2 Å². The van der Waals surface area contributed by atoms with Gasteiger partial charge in [-0.25, -0.2) is 5.43 Å². The van der Waals surface area contributed by atoms with E-state index in [-0.39, 0.29) is 11.3 Å². The van der Waals surface area contributed by atoms with Crippen molar-refractivity contribution in [1.29, 1.82) is 0 Å². The molecule has 0 bridgehead atoms. The lowest BCUT2D eigenvalue weighted by Gasteiger charge is -2.19. The molecule has 0 unspecified atom stereocenters. The number of rotatable bonds is 6. The molecule has 0 saturated carbocycles. The van der Waals surface area contributed by atoms with Crippen LogP contribution in [0.5, 0.6) is 0 Å². The van der Waals surface area contributed by atoms with Crippen molar-refractivity contribution in [3.63, 3.8) is 0 Å². The minimum atomic E-state index is -0.206. The number of thioether (sulfide) groups is 1. The predicted molar refractivity (Wildman–Crippen MR) is 127 cm³/mol. The van der Waals surface area contributed by atoms with Gasteiger partial charge in [-0.2, -0.15) is 5.10 Å². The van der Waals surface area contributed by atoms with E-state index in [9.17, 15) is 4.79 Å². The smallest absolute Gasteiger partial charge is 0.267 e. The van der Waals surface area contributed by atoms with E-state index in [2.05, 4.69) is 55.6 Å². The van der Waals surface area contributed by atoms with Crippen molar-refractivity contribution in [3.05, 3.63) is 101 Å². The second kappa shape index (κ2) is 9.77. The molecule has 3 aromatic rings. The van der Waals surface area contributed by atoms with Crippen molar-refractivity contribution in [1.82, 2.24) is 5.43 Å². The van der Waals surface area contributed by atoms with Crippen molar-refractivity contribution in [2.45, 2.75) is 43.8 Å². The molecule has 0 aliphatic heterocycles. The zero-order chi connectivity index (χ0) is 21.6. The monoisotopic (exact) mass is 416 g/mol. The third kappa shape index (κ3) is 6.07. The summed E-state index contributed by atoms with van der Waals surface area (Å²) in [6.45, 7) is 8.47. The first kappa shape index (κ1) is 21.8. The summed E-state index contributed by atoms with van der Waals surface area (Å²) < 4.78 is 0. The number of hydrogen-bond donors (Lipinski definition) is 1. The lowest BCUT2D eigenvalue weighted by molar-refractivity contribution is 0.0955. The molecule has 0 spiro atoms. The van der Waals surface area contributed by atoms with Crippen LogP contribution in [0.25, 0.3) is 0 Å². The Morgan fingerprint density at radius 1 is 0.867 bits per heavy atom. The Morgan fingerprint density at radius 3 is 2.07 bits per heavy atom. The molecule has 0 aliphatic rings. The van der Waals surface area contributed by atoms with Gasteiger partial charge in [-0.1, -0.05) is 75.4 Å². The van der Waals surface area contributed by atoms with Crippen LogP contribution in [-0.4, -0.2) is 11.6 Å². The van der Waals surface area contributed by atoms with Crippen molar-refractivity contribution in [3.8, 4) is 0 Å². The standard InChI is InChI=1S/C26H28N2OS/c1-19(21-14-16-23(17-15-21)26(2,3)4)27-28-25(29)22-12-10-20(11-13-22)18-30-24-8-6-5-7-9-24/h5-17H,18H2,1-4H3,(H,28,29)/b27-19-. The molecular formula is C26H28N2OS. The first-order chi connectivity index (χ1) is 14.3. The third-order valence-electron chi connectivity index (χ3n) is 4.86. The molecular weight excluding hydrogens is 388 g/mol. The van der Waals surface area contributed by atoms with Gasteiger partial charge in [-0.15, -0.1) is 11.8 Å². The Kier molecular flexibility index (Phi) is 7.11. The molecule has 0 fully saturated rings. The van der Waals surface area contributed by atoms with Crippen molar-refractivity contribution in [2.75, 3.05) is 0 Å². The van der Waals surface area contributed by atoms with Gasteiger partial charge in [0.15, 0.2) is 0 Å². The predicted octanol–water partition coefficient (Wildman–Crippen LogP) is 6.43. The molecule has 1 N–H and O–H groups in total. The highest BCUT2D eigenvalue weighted by Crippen LogP contribution is 2.23. The van der Waals surface area contributed by atoms with Crippen LogP contribution in [0.4, 0.5) is 0 Å². The molecule has 0 atom stereocenters. The summed E-state index contributed by atoms with van der Waals surface area (Å²) in [5.41, 5.74) is 7.60. The fourth-order valence-corrected chi connectivity index (χ4v) is 3.79. The van der Waals surface area contributed by atoms with E-state index >= 15 is 0 Å². The fourth-order valence-electron chi connectivity index (χ4n) is 2.91. The molecule has 4 heteroatoms. The van der Waals surface area contributed by atoms with Gasteiger partial charge in [0, 0.05) is 16.2 Å². The highest BCUT2D eigenvalue weighted by atomic mass is 32.2. The summed E-state index contributed by atoms with van der Waals surface area (Å²) in [5, 5.41) is 4.27. The number of hydrogen-bond acceptors (Lipinski definition) is 3. The van der Waals surface area contributed by atoms with Crippen molar-refractivity contribution >= 4 is 23.4 Å². The number of hydrazone groups is 1. The quantitative estimate of drug-likeness (QED) is 0.286. The van der Waals surface area contributed by atoms with Crippen LogP contribution in [0, 0.1) is 0 Å². The zero-order valence-electron chi connectivity index (χ0n) is 18.0. The molecule has 3 nitrogen and oxygen atoms in total. The third-order valence-corrected chi connectivity index (χ3v) is 5.94. The summed E-state index contributed by atoms with van der Waals surface area (Å²) in [7, 11) is 0. The Morgan fingerprint density at radius 2 is 1.47 bits per heavy atom. The van der Waals surface area contributed by atoms with Gasteiger partial charge in [-0.3, -0.25) is 4.79 Å². The number of carbonyl (C=O) groups excluding carboxylic acids is 1. The maximum atomic E-state index is 12.4. The van der Waals surface area contributed by atoms with Gasteiger partial charge < -0.3 is 0 Å². The highest BCUT2D eigenvalue weighted by molar-refractivity contribution is 7.98. The molecule has 0 aromatic heterocycles. The maximum Gasteiger partial charge on any atom is 0.271 e. The van der Waals surface area contributed by atoms with Crippen LogP contribution in [0.3, 0.4) is 0 Å². The summed E-state index contributed by atoms with van der Waals surface area (Å²) in [6.07, 6.45) is 0. The number of amides is 1. The molecule has 154 valence electrons. The molecule has 0 aliphatic carbocycles. The van der Waals surface area contributed by atoms with E-state index in [0.29, 0.717) is 5.56 Å². The summed E-state index contributed by atoms with van der Waals surface area (Å²) in [6, 6.07) is 26.3. The molecule has 0 saturated heterocycles. The molecule has 1 amide bonds. The van der Waals surface area contributed by atoms with Crippen LogP contribution in [0.1, 0.15) is 54.7 Å². The minimum absolute atomic E-state index is 0.115. The van der Waals surface area contributed by atoms with Gasteiger partial charge in [0.25, 0.3) is 5.91 Å². The van der Waals surface area contributed by atoms with Crippen LogP contribution < -0.4 is 5.43 Å². The van der Waals surface area contributed by atoms with Gasteiger partial charge in [0.05, 0.1) is 5.71 Å². The Hall–Kier alpha value is -2.85. The van der Waals surface area contributed by atoms with E-state index in [4.69, 9.17) is 0 Å². The first-order valence-electron chi connectivity index (χ1n) is 10.1. The van der Waals surface area contributed by atoms with Crippen molar-refractivity contribution in [2.24, 2.45) is 5.10 Å². The van der Waals surface area contributed by atoms with Gasteiger partial charge in [-0.05, 0) is 53.3 Å². The van der Waals surface area contributed by atoms with E-state index < -0.39 is 0 Å². The Balaban J connectivity index is 1.57.